The van der Waals surface area contributed by atoms with Gasteiger partial charge in [-0.25, -0.2) is 8.42 Å². The Morgan fingerprint density at radius 1 is 1.20 bits per heavy atom. The molecule has 1 aromatic rings. The van der Waals surface area contributed by atoms with E-state index in [0.29, 0.717) is 6.42 Å². The van der Waals surface area contributed by atoms with Crippen LogP contribution in [-0.4, -0.2) is 31.1 Å². The van der Waals surface area contributed by atoms with Crippen molar-refractivity contribution < 1.29 is 13.2 Å². The fraction of sp³-hybridized carbons (Fsp3) is 0.533. The van der Waals surface area contributed by atoms with E-state index in [2.05, 4.69) is 0 Å². The number of hydrogen-bond acceptors (Lipinski definition) is 3. The minimum atomic E-state index is -3.61. The molecule has 2 rings (SSSR count). The molecule has 1 aliphatic heterocycles. The molecule has 20 heavy (non-hydrogen) atoms. The van der Waals surface area contributed by atoms with E-state index in [1.54, 1.807) is 24.3 Å². The van der Waals surface area contributed by atoms with E-state index >= 15 is 0 Å². The summed E-state index contributed by atoms with van der Waals surface area (Å²) in [7, 11) is -3.61. The molecule has 0 saturated carbocycles. The first-order chi connectivity index (χ1) is 9.37. The number of aldehydes is 1. The topological polar surface area (TPSA) is 54.5 Å². The second-order valence-corrected chi connectivity index (χ2v) is 7.58. The summed E-state index contributed by atoms with van der Waals surface area (Å²) in [4.78, 5) is 11.5. The fourth-order valence-electron chi connectivity index (χ4n) is 2.79. The van der Waals surface area contributed by atoms with Crippen LogP contribution in [0.1, 0.15) is 32.3 Å². The van der Waals surface area contributed by atoms with Crippen molar-refractivity contribution in [2.24, 2.45) is 5.92 Å². The quantitative estimate of drug-likeness (QED) is 0.801. The molecule has 1 aliphatic rings. The van der Waals surface area contributed by atoms with Gasteiger partial charge in [-0.15, -0.1) is 0 Å². The van der Waals surface area contributed by atoms with Crippen molar-refractivity contribution in [2.45, 2.75) is 50.6 Å². The van der Waals surface area contributed by atoms with Gasteiger partial charge in [0, 0.05) is 6.04 Å². The second kappa shape index (κ2) is 5.66. The Morgan fingerprint density at radius 2 is 1.80 bits per heavy atom. The predicted octanol–water partition coefficient (Wildman–Crippen LogP) is 2.37. The lowest BCUT2D eigenvalue weighted by Crippen LogP contribution is -2.44. The number of hydrogen-bond donors (Lipinski definition) is 0. The molecule has 4 nitrogen and oxygen atoms in total. The van der Waals surface area contributed by atoms with Crippen molar-refractivity contribution in [3.63, 3.8) is 0 Å². The summed E-state index contributed by atoms with van der Waals surface area (Å²) in [5.74, 6) is 0.195. The van der Waals surface area contributed by atoms with E-state index in [4.69, 9.17) is 0 Å². The maximum atomic E-state index is 12.8. The molecule has 1 aromatic carbocycles. The van der Waals surface area contributed by atoms with Gasteiger partial charge in [-0.1, -0.05) is 31.5 Å². The van der Waals surface area contributed by atoms with Gasteiger partial charge in [0.05, 0.1) is 10.9 Å². The lowest BCUT2D eigenvalue weighted by atomic mass is 10.0. The highest BCUT2D eigenvalue weighted by atomic mass is 32.2. The Hall–Kier alpha value is -1.20. The van der Waals surface area contributed by atoms with E-state index in [9.17, 15) is 13.2 Å². The van der Waals surface area contributed by atoms with Gasteiger partial charge < -0.3 is 4.79 Å². The molecule has 1 fully saturated rings. The molecular formula is C15H21NO3S. The number of carbonyl (C=O) groups excluding carboxylic acids is 1. The molecular weight excluding hydrogens is 274 g/mol. The SMILES string of the molecule is Cc1ccc(S(=O)(=O)N2[C@H](C=O)CC[C@@H]2C(C)C)cc1. The smallest absolute Gasteiger partial charge is 0.243 e. The third kappa shape index (κ3) is 2.65. The molecule has 0 bridgehead atoms. The van der Waals surface area contributed by atoms with Gasteiger partial charge in [0.15, 0.2) is 0 Å². The van der Waals surface area contributed by atoms with E-state index in [1.807, 2.05) is 20.8 Å². The molecule has 0 spiro atoms. The molecule has 0 N–H and O–H groups in total. The predicted molar refractivity (Wildman–Crippen MR) is 77.9 cm³/mol. The molecule has 0 aromatic heterocycles. The summed E-state index contributed by atoms with van der Waals surface area (Å²) in [6.45, 7) is 5.91. The van der Waals surface area contributed by atoms with Gasteiger partial charge in [-0.2, -0.15) is 4.31 Å². The summed E-state index contributed by atoms with van der Waals surface area (Å²) in [5, 5.41) is 0. The van der Waals surface area contributed by atoms with Crippen LogP contribution in [0.3, 0.4) is 0 Å². The molecule has 0 aliphatic carbocycles. The first-order valence-corrected chi connectivity index (χ1v) is 8.37. The summed E-state index contributed by atoms with van der Waals surface area (Å²) in [6, 6.07) is 6.15. The van der Waals surface area contributed by atoms with Crippen LogP contribution in [0.2, 0.25) is 0 Å². The van der Waals surface area contributed by atoms with Gasteiger partial charge in [0.25, 0.3) is 0 Å². The maximum Gasteiger partial charge on any atom is 0.243 e. The zero-order valence-corrected chi connectivity index (χ0v) is 12.9. The third-order valence-electron chi connectivity index (χ3n) is 3.93. The summed E-state index contributed by atoms with van der Waals surface area (Å²) >= 11 is 0. The Labute approximate surface area is 120 Å². The lowest BCUT2D eigenvalue weighted by molar-refractivity contribution is -0.110. The lowest BCUT2D eigenvalue weighted by Gasteiger charge is -2.29. The average molecular weight is 295 g/mol. The minimum absolute atomic E-state index is 0.100. The van der Waals surface area contributed by atoms with Crippen molar-refractivity contribution in [2.75, 3.05) is 0 Å². The Morgan fingerprint density at radius 3 is 2.30 bits per heavy atom. The van der Waals surface area contributed by atoms with Gasteiger partial charge in [0.1, 0.15) is 6.29 Å². The molecule has 0 amide bonds. The minimum Gasteiger partial charge on any atom is -0.302 e. The first-order valence-electron chi connectivity index (χ1n) is 6.93. The van der Waals surface area contributed by atoms with Gasteiger partial charge >= 0.3 is 0 Å². The highest BCUT2D eigenvalue weighted by Crippen LogP contribution is 2.33. The molecule has 0 radical (unpaired) electrons. The van der Waals surface area contributed by atoms with Gasteiger partial charge in [-0.3, -0.25) is 0 Å². The zero-order valence-electron chi connectivity index (χ0n) is 12.1. The summed E-state index contributed by atoms with van der Waals surface area (Å²) in [5.41, 5.74) is 1.01. The van der Waals surface area contributed by atoms with Crippen molar-refractivity contribution >= 4 is 16.3 Å². The van der Waals surface area contributed by atoms with Crippen LogP contribution in [0.4, 0.5) is 0 Å². The Balaban J connectivity index is 2.44. The Bertz CT molecular complexity index is 578. The largest absolute Gasteiger partial charge is 0.302 e. The second-order valence-electron chi connectivity index (χ2n) is 5.74. The zero-order chi connectivity index (χ0) is 14.9. The van der Waals surface area contributed by atoms with E-state index in [-0.39, 0.29) is 16.9 Å². The summed E-state index contributed by atoms with van der Waals surface area (Å²) < 4.78 is 27.0. The molecule has 5 heteroatoms. The highest BCUT2D eigenvalue weighted by molar-refractivity contribution is 7.89. The van der Waals surface area contributed by atoms with Crippen LogP contribution in [0.15, 0.2) is 29.2 Å². The molecule has 1 heterocycles. The number of sulfonamides is 1. The average Bonchev–Trinajstić information content (AvgIpc) is 2.84. The van der Waals surface area contributed by atoms with Crippen LogP contribution in [0.5, 0.6) is 0 Å². The van der Waals surface area contributed by atoms with Crippen molar-refractivity contribution in [1.29, 1.82) is 0 Å². The highest BCUT2D eigenvalue weighted by Gasteiger charge is 2.43. The number of rotatable bonds is 4. The maximum absolute atomic E-state index is 12.8. The van der Waals surface area contributed by atoms with E-state index in [0.717, 1.165) is 18.3 Å². The van der Waals surface area contributed by atoms with Crippen molar-refractivity contribution in [3.8, 4) is 0 Å². The van der Waals surface area contributed by atoms with Crippen LogP contribution in [-0.2, 0) is 14.8 Å². The van der Waals surface area contributed by atoms with Crippen LogP contribution in [0.25, 0.3) is 0 Å². The number of nitrogens with zero attached hydrogens (tertiary/aromatic N) is 1. The monoisotopic (exact) mass is 295 g/mol. The van der Waals surface area contributed by atoms with Crippen LogP contribution >= 0.6 is 0 Å². The van der Waals surface area contributed by atoms with Crippen LogP contribution in [0, 0.1) is 12.8 Å². The summed E-state index contributed by atoms with van der Waals surface area (Å²) in [6.07, 6.45) is 2.11. The molecule has 2 atom stereocenters. The van der Waals surface area contributed by atoms with Crippen molar-refractivity contribution in [1.82, 2.24) is 4.31 Å². The van der Waals surface area contributed by atoms with Crippen LogP contribution < -0.4 is 0 Å². The standard InChI is InChI=1S/C15H21NO3S/c1-11(2)15-9-6-13(10-17)16(15)20(18,19)14-7-4-12(3)5-8-14/h4-5,7-8,10-11,13,15H,6,9H2,1-3H3/t13-,15+/m0/s1. The van der Waals surface area contributed by atoms with E-state index < -0.39 is 16.1 Å². The number of aryl methyl sites for hydroxylation is 1. The molecule has 0 unspecified atom stereocenters. The fourth-order valence-corrected chi connectivity index (χ4v) is 4.73. The molecule has 110 valence electrons. The number of benzene rings is 1. The van der Waals surface area contributed by atoms with Gasteiger partial charge in [0.2, 0.25) is 10.0 Å². The number of carbonyl (C=O) groups is 1. The third-order valence-corrected chi connectivity index (χ3v) is 5.90. The van der Waals surface area contributed by atoms with Gasteiger partial charge in [-0.05, 0) is 37.8 Å². The Kier molecular flexibility index (Phi) is 4.30. The molecule has 1 saturated heterocycles. The normalized spacial score (nSPS) is 24.2. The van der Waals surface area contributed by atoms with E-state index in [1.165, 1.54) is 4.31 Å². The van der Waals surface area contributed by atoms with Crippen molar-refractivity contribution in [3.05, 3.63) is 29.8 Å². The first kappa shape index (κ1) is 15.2.